The maximum atomic E-state index is 3.28. The molecule has 0 fully saturated rings. The standard InChI is InChI=1S/C10H22.C7H17N.C6H15N.C6H14S.C5H12/c1-4-5-6-7-8-9-10(2)3;1-4-6-8(3)7-5-2;2*1-3-5-7-6-4-2;1-5(2,3)4/h10H,4-9H2,1-3H3;4-7H2,1-3H3;7H,3-6H2,1-2H3;3-6H2,1-2H3;1-4H3. The van der Waals surface area contributed by atoms with Crippen molar-refractivity contribution in [2.45, 2.75) is 167 Å². The van der Waals surface area contributed by atoms with Crippen LogP contribution in [0.4, 0.5) is 0 Å². The van der Waals surface area contributed by atoms with Crippen molar-refractivity contribution in [2.75, 3.05) is 44.7 Å². The number of hydrogen-bond acceptors (Lipinski definition) is 3. The second kappa shape index (κ2) is 43.3. The van der Waals surface area contributed by atoms with Crippen LogP contribution in [-0.4, -0.2) is 49.6 Å². The van der Waals surface area contributed by atoms with Crippen LogP contribution in [0.1, 0.15) is 167 Å². The fraction of sp³-hybridized carbons (Fsp3) is 1.00. The average Bonchev–Trinajstić information content (AvgIpc) is 2.80. The van der Waals surface area contributed by atoms with E-state index in [4.69, 9.17) is 0 Å². The Hall–Kier alpha value is 0.270. The summed E-state index contributed by atoms with van der Waals surface area (Å²) in [6.45, 7) is 33.7. The summed E-state index contributed by atoms with van der Waals surface area (Å²) >= 11 is 2.05. The third-order valence-corrected chi connectivity index (χ3v) is 6.04. The van der Waals surface area contributed by atoms with Crippen molar-refractivity contribution < 1.29 is 0 Å². The molecular formula is C34H80N2S. The highest BCUT2D eigenvalue weighted by molar-refractivity contribution is 7.99. The van der Waals surface area contributed by atoms with E-state index in [-0.39, 0.29) is 0 Å². The van der Waals surface area contributed by atoms with Crippen LogP contribution in [0.5, 0.6) is 0 Å². The number of unbranched alkanes of at least 4 members (excludes halogenated alkanes) is 4. The second-order valence-electron chi connectivity index (χ2n) is 12.3. The van der Waals surface area contributed by atoms with Gasteiger partial charge < -0.3 is 10.2 Å². The Morgan fingerprint density at radius 1 is 0.595 bits per heavy atom. The van der Waals surface area contributed by atoms with E-state index in [1.165, 1.54) is 115 Å². The van der Waals surface area contributed by atoms with Crippen molar-refractivity contribution in [3.63, 3.8) is 0 Å². The molecule has 0 saturated heterocycles. The summed E-state index contributed by atoms with van der Waals surface area (Å²) < 4.78 is 0. The van der Waals surface area contributed by atoms with Gasteiger partial charge >= 0.3 is 0 Å². The van der Waals surface area contributed by atoms with E-state index >= 15 is 0 Å². The monoisotopic (exact) mass is 549 g/mol. The number of nitrogens with one attached hydrogen (secondary N) is 1. The van der Waals surface area contributed by atoms with Gasteiger partial charge in [0.1, 0.15) is 0 Å². The molecule has 0 aliphatic rings. The molecule has 0 spiro atoms. The Balaban J connectivity index is -0.000000117. The topological polar surface area (TPSA) is 15.3 Å². The first-order valence-electron chi connectivity index (χ1n) is 16.4. The van der Waals surface area contributed by atoms with Crippen molar-refractivity contribution in [1.29, 1.82) is 0 Å². The summed E-state index contributed by atoms with van der Waals surface area (Å²) in [7, 11) is 2.17. The van der Waals surface area contributed by atoms with E-state index < -0.39 is 0 Å². The van der Waals surface area contributed by atoms with Crippen LogP contribution in [0.25, 0.3) is 0 Å². The normalized spacial score (nSPS) is 10.4. The van der Waals surface area contributed by atoms with Crippen LogP contribution in [0, 0.1) is 11.3 Å². The minimum Gasteiger partial charge on any atom is -0.317 e. The molecule has 0 unspecified atom stereocenters. The molecule has 37 heavy (non-hydrogen) atoms. The summed E-state index contributed by atoms with van der Waals surface area (Å²) in [6, 6.07) is 0. The summed E-state index contributed by atoms with van der Waals surface area (Å²) in [5.74, 6) is 3.59. The number of thioether (sulfide) groups is 1. The summed E-state index contributed by atoms with van der Waals surface area (Å²) in [6.07, 6.45) is 16.2. The van der Waals surface area contributed by atoms with Crippen LogP contribution < -0.4 is 5.32 Å². The molecular weight excluding hydrogens is 468 g/mol. The Kier molecular flexibility index (Phi) is 55.1. The van der Waals surface area contributed by atoms with Crippen molar-refractivity contribution in [1.82, 2.24) is 10.2 Å². The van der Waals surface area contributed by atoms with Crippen LogP contribution in [0.3, 0.4) is 0 Å². The van der Waals surface area contributed by atoms with Gasteiger partial charge in [-0.15, -0.1) is 0 Å². The number of rotatable bonds is 18. The van der Waals surface area contributed by atoms with Gasteiger partial charge in [0.25, 0.3) is 0 Å². The Morgan fingerprint density at radius 3 is 1.30 bits per heavy atom. The first kappa shape index (κ1) is 47.1. The maximum absolute atomic E-state index is 3.28. The Labute approximate surface area is 244 Å². The summed E-state index contributed by atoms with van der Waals surface area (Å²) in [4.78, 5) is 2.36. The van der Waals surface area contributed by atoms with E-state index in [1.54, 1.807) is 0 Å². The van der Waals surface area contributed by atoms with E-state index in [2.05, 4.69) is 119 Å². The highest BCUT2D eigenvalue weighted by Gasteiger charge is 1.95. The van der Waals surface area contributed by atoms with Gasteiger partial charge in [-0.3, -0.25) is 0 Å². The molecule has 0 atom stereocenters. The average molecular weight is 549 g/mol. The first-order chi connectivity index (χ1) is 17.4. The van der Waals surface area contributed by atoms with Crippen molar-refractivity contribution in [2.24, 2.45) is 11.3 Å². The predicted molar refractivity (Wildman–Crippen MR) is 183 cm³/mol. The predicted octanol–water partition coefficient (Wildman–Crippen LogP) is 11.7. The zero-order valence-electron chi connectivity index (χ0n) is 29.2. The van der Waals surface area contributed by atoms with Gasteiger partial charge in [0.2, 0.25) is 0 Å². The number of hydrogen-bond donors (Lipinski definition) is 1. The van der Waals surface area contributed by atoms with Crippen LogP contribution in [0.2, 0.25) is 0 Å². The molecule has 0 aromatic rings. The molecule has 232 valence electrons. The summed E-state index contributed by atoms with van der Waals surface area (Å²) in [5.41, 5.74) is 0.500. The van der Waals surface area contributed by atoms with E-state index in [0.717, 1.165) is 5.92 Å². The highest BCUT2D eigenvalue weighted by atomic mass is 32.2. The third-order valence-electron chi connectivity index (χ3n) is 4.65. The molecule has 3 heteroatoms. The first-order valence-corrected chi connectivity index (χ1v) is 17.5. The lowest BCUT2D eigenvalue weighted by Gasteiger charge is -2.12. The van der Waals surface area contributed by atoms with Gasteiger partial charge in [-0.05, 0) is 94.6 Å². The van der Waals surface area contributed by atoms with Crippen LogP contribution >= 0.6 is 11.8 Å². The minimum atomic E-state index is 0.500. The summed E-state index contributed by atoms with van der Waals surface area (Å²) in [5, 5.41) is 3.28. The second-order valence-corrected chi connectivity index (χ2v) is 13.5. The van der Waals surface area contributed by atoms with Crippen molar-refractivity contribution in [3.05, 3.63) is 0 Å². The fourth-order valence-corrected chi connectivity index (χ4v) is 3.68. The lowest BCUT2D eigenvalue weighted by molar-refractivity contribution is 0.335. The van der Waals surface area contributed by atoms with E-state index in [1.807, 2.05) is 0 Å². The SMILES string of the molecule is CC(C)(C)C.CCCCCCCC(C)C.CCCN(C)CCC.CCCNCCC.CCCSCCC. The molecule has 0 rings (SSSR count). The molecule has 0 saturated carbocycles. The smallest absolute Gasteiger partial charge is 0.00244 e. The van der Waals surface area contributed by atoms with Gasteiger partial charge in [0, 0.05) is 0 Å². The van der Waals surface area contributed by atoms with Gasteiger partial charge in [-0.25, -0.2) is 0 Å². The Morgan fingerprint density at radius 2 is 1.00 bits per heavy atom. The molecule has 0 heterocycles. The largest absolute Gasteiger partial charge is 0.317 e. The molecule has 0 amide bonds. The zero-order chi connectivity index (χ0) is 29.8. The van der Waals surface area contributed by atoms with Gasteiger partial charge in [-0.2, -0.15) is 11.8 Å². The fourth-order valence-electron chi connectivity index (χ4n) is 2.90. The lowest BCUT2D eigenvalue weighted by atomic mass is 10.0. The molecule has 0 bridgehead atoms. The van der Waals surface area contributed by atoms with Gasteiger partial charge in [0.15, 0.2) is 0 Å². The van der Waals surface area contributed by atoms with E-state index in [0.29, 0.717) is 5.41 Å². The number of nitrogens with zero attached hydrogens (tertiary/aromatic N) is 1. The van der Waals surface area contributed by atoms with Crippen LogP contribution in [0.15, 0.2) is 0 Å². The zero-order valence-corrected chi connectivity index (χ0v) is 30.0. The quantitative estimate of drug-likeness (QED) is 0.171. The van der Waals surface area contributed by atoms with Crippen LogP contribution in [-0.2, 0) is 0 Å². The lowest BCUT2D eigenvalue weighted by Crippen LogP contribution is -2.19. The molecule has 0 aromatic heterocycles. The van der Waals surface area contributed by atoms with Gasteiger partial charge in [-0.1, -0.05) is 129 Å². The Bertz CT molecular complexity index is 296. The highest BCUT2D eigenvalue weighted by Crippen LogP contribution is 2.10. The third kappa shape index (κ3) is 94.2. The molecule has 1 N–H and O–H groups in total. The van der Waals surface area contributed by atoms with Crippen molar-refractivity contribution >= 4 is 11.8 Å². The van der Waals surface area contributed by atoms with Crippen molar-refractivity contribution in [3.8, 4) is 0 Å². The minimum absolute atomic E-state index is 0.500. The molecule has 0 radical (unpaired) electrons. The maximum Gasteiger partial charge on any atom is -0.00244 e. The van der Waals surface area contributed by atoms with Gasteiger partial charge in [0.05, 0.1) is 0 Å². The molecule has 0 aliphatic heterocycles. The molecule has 0 aliphatic carbocycles. The van der Waals surface area contributed by atoms with E-state index in [9.17, 15) is 0 Å². The molecule has 2 nitrogen and oxygen atoms in total. The molecule has 0 aromatic carbocycles.